The van der Waals surface area contributed by atoms with E-state index in [2.05, 4.69) is 0 Å². The van der Waals surface area contributed by atoms with E-state index >= 15 is 0 Å². The van der Waals surface area contributed by atoms with Gasteiger partial charge in [-0.2, -0.15) is 0 Å². The third kappa shape index (κ3) is 5.56. The summed E-state index contributed by atoms with van der Waals surface area (Å²) in [5.41, 5.74) is 0. The molecular formula is C13H13BF4OS. The van der Waals surface area contributed by atoms with Gasteiger partial charge in [-0.05, 0) is 24.3 Å². The summed E-state index contributed by atoms with van der Waals surface area (Å²) in [6.07, 6.45) is 1.79. The van der Waals surface area contributed by atoms with Crippen molar-refractivity contribution >= 4 is 17.2 Å². The number of hydrogen-bond donors (Lipinski definition) is 0. The molecule has 0 N–H and O–H groups in total. The molecule has 108 valence electrons. The topological polar surface area (TPSA) is 17.1 Å². The third-order valence-electron chi connectivity index (χ3n) is 2.39. The summed E-state index contributed by atoms with van der Waals surface area (Å²) >= 11 is 0. The average Bonchev–Trinajstić information content (AvgIpc) is 2.39. The maximum absolute atomic E-state index is 12.6. The molecule has 0 saturated heterocycles. The van der Waals surface area contributed by atoms with Crippen LogP contribution in [0.2, 0.25) is 0 Å². The van der Waals surface area contributed by atoms with Gasteiger partial charge in [0.15, 0.2) is 9.79 Å². The Kier molecular flexibility index (Phi) is 5.50. The Hall–Kier alpha value is -1.63. The molecule has 0 fully saturated rings. The monoisotopic (exact) mass is 304 g/mol. The Labute approximate surface area is 116 Å². The molecule has 0 atom stereocenters. The second-order valence-electron chi connectivity index (χ2n) is 3.96. The van der Waals surface area contributed by atoms with Crippen LogP contribution in [0.3, 0.4) is 0 Å². The number of hydrogen-bond acceptors (Lipinski definition) is 1. The zero-order valence-corrected chi connectivity index (χ0v) is 11.5. The zero-order chi connectivity index (χ0) is 15.2. The van der Waals surface area contributed by atoms with Crippen LogP contribution >= 0.6 is 0 Å². The smallest absolute Gasteiger partial charge is 0.418 e. The zero-order valence-electron chi connectivity index (χ0n) is 10.7. The molecule has 20 heavy (non-hydrogen) atoms. The molecule has 0 spiro atoms. The molecule has 0 unspecified atom stereocenters. The summed E-state index contributed by atoms with van der Waals surface area (Å²) in [6.45, 7) is 0. The van der Waals surface area contributed by atoms with Crippen LogP contribution in [-0.2, 0) is 14.1 Å². The Morgan fingerprint density at radius 2 is 1.00 bits per heavy atom. The van der Waals surface area contributed by atoms with Gasteiger partial charge >= 0.3 is 7.25 Å². The minimum absolute atomic E-state index is 0.885. The van der Waals surface area contributed by atoms with E-state index in [1.54, 1.807) is 6.26 Å². The summed E-state index contributed by atoms with van der Waals surface area (Å²) in [5, 5.41) is 0. The second kappa shape index (κ2) is 6.70. The average molecular weight is 304 g/mol. The van der Waals surface area contributed by atoms with Crippen LogP contribution in [0.4, 0.5) is 17.3 Å². The molecule has 2 rings (SSSR count). The van der Waals surface area contributed by atoms with Crippen LogP contribution in [0.5, 0.6) is 0 Å². The van der Waals surface area contributed by atoms with Crippen molar-refractivity contribution in [2.75, 3.05) is 6.26 Å². The molecule has 0 saturated carbocycles. The van der Waals surface area contributed by atoms with E-state index in [1.165, 1.54) is 0 Å². The highest BCUT2D eigenvalue weighted by Gasteiger charge is 2.27. The highest BCUT2D eigenvalue weighted by molar-refractivity contribution is 8.02. The largest absolute Gasteiger partial charge is 0.673 e. The lowest BCUT2D eigenvalue weighted by atomic mass is 10.3. The summed E-state index contributed by atoms with van der Waals surface area (Å²) in [5.74, 6) is 0. The van der Waals surface area contributed by atoms with Crippen LogP contribution in [0, 0.1) is 0 Å². The van der Waals surface area contributed by atoms with Crippen LogP contribution < -0.4 is 0 Å². The van der Waals surface area contributed by atoms with E-state index in [4.69, 9.17) is 0 Å². The molecule has 1 nitrogen and oxygen atoms in total. The van der Waals surface area contributed by atoms with Gasteiger partial charge in [-0.25, -0.2) is 0 Å². The maximum atomic E-state index is 12.6. The van der Waals surface area contributed by atoms with Crippen LogP contribution in [0.15, 0.2) is 70.5 Å². The highest BCUT2D eigenvalue weighted by Crippen LogP contribution is 2.25. The third-order valence-corrected chi connectivity index (χ3v) is 4.73. The van der Waals surface area contributed by atoms with Gasteiger partial charge in [-0.15, -0.1) is 0 Å². The van der Waals surface area contributed by atoms with Crippen LogP contribution in [0.1, 0.15) is 0 Å². The predicted molar refractivity (Wildman–Crippen MR) is 73.6 cm³/mol. The van der Waals surface area contributed by atoms with Crippen molar-refractivity contribution in [2.24, 2.45) is 0 Å². The lowest BCUT2D eigenvalue weighted by Gasteiger charge is -2.05. The molecule has 0 aromatic heterocycles. The molecule has 0 bridgehead atoms. The molecule has 0 aliphatic rings. The standard InChI is InChI=1S/C13H13OS.BF4/c1-15(14,12-8-4-2-5-9-12)13-10-6-3-7-11-13;2-1(3,4)5/h2-11H,1H3;/q+1;-1. The minimum atomic E-state index is -6.00. The van der Waals surface area contributed by atoms with Crippen molar-refractivity contribution in [3.05, 3.63) is 60.7 Å². The lowest BCUT2D eigenvalue weighted by Crippen LogP contribution is -2.08. The Bertz CT molecular complexity index is 522. The van der Waals surface area contributed by atoms with Gasteiger partial charge in [0.2, 0.25) is 0 Å². The first-order valence-corrected chi connectivity index (χ1v) is 7.64. The molecule has 0 radical (unpaired) electrons. The molecule has 2 aromatic rings. The van der Waals surface area contributed by atoms with Gasteiger partial charge in [0.05, 0.1) is 0 Å². The first-order valence-electron chi connectivity index (χ1n) is 5.68. The van der Waals surface area contributed by atoms with Crippen molar-refractivity contribution in [3.63, 3.8) is 0 Å². The van der Waals surface area contributed by atoms with Gasteiger partial charge in [-0.3, -0.25) is 0 Å². The van der Waals surface area contributed by atoms with Gasteiger partial charge in [0, 0.05) is 0 Å². The summed E-state index contributed by atoms with van der Waals surface area (Å²) < 4.78 is 51.6. The first kappa shape index (κ1) is 16.4. The normalized spacial score (nSPS) is 11.4. The van der Waals surface area contributed by atoms with Crippen molar-refractivity contribution < 1.29 is 21.5 Å². The summed E-state index contributed by atoms with van der Waals surface area (Å²) in [6, 6.07) is 19.2. The van der Waals surface area contributed by atoms with Gasteiger partial charge in [0.1, 0.15) is 16.2 Å². The summed E-state index contributed by atoms with van der Waals surface area (Å²) in [4.78, 5) is 1.77. The maximum Gasteiger partial charge on any atom is 0.673 e. The highest BCUT2D eigenvalue weighted by atomic mass is 32.2. The van der Waals surface area contributed by atoms with Crippen molar-refractivity contribution in [2.45, 2.75) is 9.79 Å². The van der Waals surface area contributed by atoms with E-state index in [9.17, 15) is 21.5 Å². The molecule has 7 heteroatoms. The van der Waals surface area contributed by atoms with E-state index in [-0.39, 0.29) is 0 Å². The number of benzene rings is 2. The van der Waals surface area contributed by atoms with Gasteiger partial charge in [-0.1, -0.05) is 40.6 Å². The number of halogens is 4. The predicted octanol–water partition coefficient (Wildman–Crippen LogP) is 4.53. The van der Waals surface area contributed by atoms with Gasteiger partial charge in [0.25, 0.3) is 0 Å². The molecule has 0 aliphatic heterocycles. The fourth-order valence-corrected chi connectivity index (χ4v) is 3.12. The fraction of sp³-hybridized carbons (Fsp3) is 0.0769. The van der Waals surface area contributed by atoms with E-state index < -0.39 is 17.2 Å². The quantitative estimate of drug-likeness (QED) is 0.452. The molecule has 0 aliphatic carbocycles. The molecular weight excluding hydrogens is 291 g/mol. The fourth-order valence-electron chi connectivity index (χ4n) is 1.50. The SMILES string of the molecule is C[S+](=O)(c1ccccc1)c1ccccc1.F[B-](F)(F)F. The minimum Gasteiger partial charge on any atom is -0.418 e. The molecule has 0 heterocycles. The first-order chi connectivity index (χ1) is 9.21. The Morgan fingerprint density at radius 3 is 1.25 bits per heavy atom. The van der Waals surface area contributed by atoms with E-state index in [1.807, 2.05) is 60.7 Å². The number of rotatable bonds is 2. The lowest BCUT2D eigenvalue weighted by molar-refractivity contribution is 0.368. The molecule has 2 aromatic carbocycles. The Balaban J connectivity index is 0.000000347. The van der Waals surface area contributed by atoms with E-state index in [0.29, 0.717) is 0 Å². The van der Waals surface area contributed by atoms with Crippen molar-refractivity contribution in [3.8, 4) is 0 Å². The van der Waals surface area contributed by atoms with Gasteiger partial charge < -0.3 is 17.3 Å². The second-order valence-corrected chi connectivity index (χ2v) is 6.59. The van der Waals surface area contributed by atoms with Crippen molar-refractivity contribution in [1.29, 1.82) is 0 Å². The Morgan fingerprint density at radius 1 is 0.750 bits per heavy atom. The molecule has 0 amide bonds. The summed E-state index contributed by atoms with van der Waals surface area (Å²) in [7, 11) is -8.09. The van der Waals surface area contributed by atoms with Crippen LogP contribution in [0.25, 0.3) is 0 Å². The van der Waals surface area contributed by atoms with Crippen LogP contribution in [-0.4, -0.2) is 13.5 Å². The van der Waals surface area contributed by atoms with Crippen molar-refractivity contribution in [1.82, 2.24) is 0 Å². The van der Waals surface area contributed by atoms with E-state index in [0.717, 1.165) is 9.79 Å².